The van der Waals surface area contributed by atoms with Crippen LogP contribution in [0, 0.1) is 0 Å². The third-order valence-corrected chi connectivity index (χ3v) is 2.95. The molecule has 0 unspecified atom stereocenters. The molecule has 2 aromatic carbocycles. The molecule has 4 heteroatoms. The SMILES string of the molecule is COC(=O)CCC(=O)Oc1ccc(-c2ccccc2)cc1. The number of benzene rings is 2. The fourth-order valence-electron chi connectivity index (χ4n) is 1.83. The Kier molecular flexibility index (Phi) is 5.10. The molecule has 4 nitrogen and oxygen atoms in total. The van der Waals surface area contributed by atoms with Crippen molar-refractivity contribution in [2.75, 3.05) is 7.11 Å². The molecule has 0 saturated heterocycles. The van der Waals surface area contributed by atoms with E-state index in [9.17, 15) is 9.59 Å². The first-order valence-electron chi connectivity index (χ1n) is 6.62. The van der Waals surface area contributed by atoms with Gasteiger partial charge in [-0.15, -0.1) is 0 Å². The number of esters is 2. The molecule has 0 aliphatic rings. The first-order chi connectivity index (χ1) is 10.2. The van der Waals surface area contributed by atoms with Crippen molar-refractivity contribution in [1.29, 1.82) is 0 Å². The minimum Gasteiger partial charge on any atom is -0.469 e. The number of hydrogen-bond acceptors (Lipinski definition) is 4. The van der Waals surface area contributed by atoms with E-state index >= 15 is 0 Å². The van der Waals surface area contributed by atoms with E-state index in [2.05, 4.69) is 4.74 Å². The molecule has 0 aromatic heterocycles. The number of carbonyl (C=O) groups excluding carboxylic acids is 2. The van der Waals surface area contributed by atoms with Gasteiger partial charge in [-0.1, -0.05) is 42.5 Å². The number of ether oxygens (including phenoxy) is 2. The van der Waals surface area contributed by atoms with Crippen molar-refractivity contribution < 1.29 is 19.1 Å². The molecular weight excluding hydrogens is 268 g/mol. The molecule has 0 radical (unpaired) electrons. The van der Waals surface area contributed by atoms with Gasteiger partial charge in [0.15, 0.2) is 0 Å². The molecule has 0 heterocycles. The van der Waals surface area contributed by atoms with Crippen LogP contribution in [0.2, 0.25) is 0 Å². The lowest BCUT2D eigenvalue weighted by Crippen LogP contribution is -2.11. The van der Waals surface area contributed by atoms with Crippen LogP contribution < -0.4 is 4.74 Å². The number of rotatable bonds is 5. The van der Waals surface area contributed by atoms with Crippen molar-refractivity contribution in [1.82, 2.24) is 0 Å². The quantitative estimate of drug-likeness (QED) is 0.625. The van der Waals surface area contributed by atoms with Gasteiger partial charge < -0.3 is 9.47 Å². The average molecular weight is 284 g/mol. The largest absolute Gasteiger partial charge is 0.469 e. The summed E-state index contributed by atoms with van der Waals surface area (Å²) in [5, 5.41) is 0. The Bertz CT molecular complexity index is 602. The second-order valence-corrected chi connectivity index (χ2v) is 4.44. The van der Waals surface area contributed by atoms with Crippen LogP contribution in [-0.4, -0.2) is 19.0 Å². The van der Waals surface area contributed by atoms with Gasteiger partial charge in [0, 0.05) is 0 Å². The van der Waals surface area contributed by atoms with E-state index in [1.165, 1.54) is 7.11 Å². The minimum absolute atomic E-state index is 0.00705. The van der Waals surface area contributed by atoms with Crippen LogP contribution in [0.25, 0.3) is 11.1 Å². The highest BCUT2D eigenvalue weighted by Crippen LogP contribution is 2.22. The summed E-state index contributed by atoms with van der Waals surface area (Å²) in [6, 6.07) is 17.2. The summed E-state index contributed by atoms with van der Waals surface area (Å²) in [7, 11) is 1.29. The summed E-state index contributed by atoms with van der Waals surface area (Å²) in [4.78, 5) is 22.5. The first kappa shape index (κ1) is 14.8. The monoisotopic (exact) mass is 284 g/mol. The van der Waals surface area contributed by atoms with E-state index in [4.69, 9.17) is 4.74 Å². The highest BCUT2D eigenvalue weighted by molar-refractivity contribution is 5.79. The summed E-state index contributed by atoms with van der Waals surface area (Å²) < 4.78 is 9.62. The lowest BCUT2D eigenvalue weighted by Gasteiger charge is -2.06. The Morgan fingerprint density at radius 2 is 1.38 bits per heavy atom. The van der Waals surface area contributed by atoms with Crippen LogP contribution in [0.5, 0.6) is 5.75 Å². The highest BCUT2D eigenvalue weighted by Gasteiger charge is 2.09. The molecule has 108 valence electrons. The zero-order valence-electron chi connectivity index (χ0n) is 11.7. The number of carbonyl (C=O) groups is 2. The predicted molar refractivity (Wildman–Crippen MR) is 78.8 cm³/mol. The van der Waals surface area contributed by atoms with Gasteiger partial charge in [-0.2, -0.15) is 0 Å². The van der Waals surface area contributed by atoms with E-state index < -0.39 is 11.9 Å². The molecule has 0 atom stereocenters. The Morgan fingerprint density at radius 3 is 2.00 bits per heavy atom. The molecule has 0 N–H and O–H groups in total. The predicted octanol–water partition coefficient (Wildman–Crippen LogP) is 3.21. The fraction of sp³-hybridized carbons (Fsp3) is 0.176. The van der Waals surface area contributed by atoms with E-state index in [1.54, 1.807) is 12.1 Å². The van der Waals surface area contributed by atoms with Crippen LogP contribution in [0.1, 0.15) is 12.8 Å². The smallest absolute Gasteiger partial charge is 0.311 e. The zero-order valence-corrected chi connectivity index (χ0v) is 11.7. The zero-order chi connectivity index (χ0) is 15.1. The molecule has 2 aromatic rings. The van der Waals surface area contributed by atoms with Crippen molar-refractivity contribution >= 4 is 11.9 Å². The van der Waals surface area contributed by atoms with Crippen LogP contribution in [-0.2, 0) is 14.3 Å². The van der Waals surface area contributed by atoms with E-state index in [-0.39, 0.29) is 12.8 Å². The van der Waals surface area contributed by atoms with Gasteiger partial charge in [-0.25, -0.2) is 0 Å². The fourth-order valence-corrected chi connectivity index (χ4v) is 1.83. The van der Waals surface area contributed by atoms with E-state index in [0.717, 1.165) is 11.1 Å². The topological polar surface area (TPSA) is 52.6 Å². The van der Waals surface area contributed by atoms with Gasteiger partial charge >= 0.3 is 11.9 Å². The van der Waals surface area contributed by atoms with Gasteiger partial charge in [0.25, 0.3) is 0 Å². The molecule has 0 spiro atoms. The molecular formula is C17H16O4. The summed E-state index contributed by atoms with van der Waals surface area (Å²) in [5.74, 6) is -0.413. The molecule has 21 heavy (non-hydrogen) atoms. The second kappa shape index (κ2) is 7.24. The van der Waals surface area contributed by atoms with E-state index in [0.29, 0.717) is 5.75 Å². The van der Waals surface area contributed by atoms with E-state index in [1.807, 2.05) is 42.5 Å². The van der Waals surface area contributed by atoms with Crippen molar-refractivity contribution in [3.63, 3.8) is 0 Å². The van der Waals surface area contributed by atoms with Gasteiger partial charge in [0.1, 0.15) is 5.75 Å². The third-order valence-electron chi connectivity index (χ3n) is 2.95. The molecule has 0 aliphatic heterocycles. The molecule has 0 amide bonds. The van der Waals surface area contributed by atoms with Crippen LogP contribution in [0.4, 0.5) is 0 Å². The maximum Gasteiger partial charge on any atom is 0.311 e. The van der Waals surface area contributed by atoms with Gasteiger partial charge in [-0.3, -0.25) is 9.59 Å². The third kappa shape index (κ3) is 4.45. The summed E-state index contributed by atoms with van der Waals surface area (Å²) in [6.45, 7) is 0. The minimum atomic E-state index is -0.451. The Hall–Kier alpha value is -2.62. The van der Waals surface area contributed by atoms with Crippen molar-refractivity contribution in [2.24, 2.45) is 0 Å². The normalized spacial score (nSPS) is 9.95. The molecule has 0 fully saturated rings. The standard InChI is InChI=1S/C17H16O4/c1-20-16(18)11-12-17(19)21-15-9-7-14(8-10-15)13-5-3-2-4-6-13/h2-10H,11-12H2,1H3. The average Bonchev–Trinajstić information content (AvgIpc) is 2.54. The summed E-state index contributed by atoms with van der Waals surface area (Å²) in [5.41, 5.74) is 2.14. The Morgan fingerprint density at radius 1 is 0.810 bits per heavy atom. The Balaban J connectivity index is 1.94. The van der Waals surface area contributed by atoms with Crippen molar-refractivity contribution in [3.05, 3.63) is 54.6 Å². The van der Waals surface area contributed by atoms with Crippen LogP contribution >= 0.6 is 0 Å². The highest BCUT2D eigenvalue weighted by atomic mass is 16.5. The van der Waals surface area contributed by atoms with Crippen LogP contribution in [0.3, 0.4) is 0 Å². The second-order valence-electron chi connectivity index (χ2n) is 4.44. The lowest BCUT2D eigenvalue weighted by atomic mass is 10.1. The number of hydrogen-bond donors (Lipinski definition) is 0. The summed E-state index contributed by atoms with van der Waals surface area (Å²) in [6.07, 6.45) is 0.0323. The summed E-state index contributed by atoms with van der Waals surface area (Å²) >= 11 is 0. The lowest BCUT2D eigenvalue weighted by molar-refractivity contribution is -0.144. The maximum absolute atomic E-state index is 11.6. The van der Waals surface area contributed by atoms with Crippen molar-refractivity contribution in [2.45, 2.75) is 12.8 Å². The van der Waals surface area contributed by atoms with Gasteiger partial charge in [0.2, 0.25) is 0 Å². The number of methoxy groups -OCH3 is 1. The van der Waals surface area contributed by atoms with Crippen LogP contribution in [0.15, 0.2) is 54.6 Å². The van der Waals surface area contributed by atoms with Crippen molar-refractivity contribution in [3.8, 4) is 16.9 Å². The molecule has 0 aliphatic carbocycles. The molecule has 0 saturated carbocycles. The molecule has 0 bridgehead atoms. The first-order valence-corrected chi connectivity index (χ1v) is 6.62. The van der Waals surface area contributed by atoms with Gasteiger partial charge in [-0.05, 0) is 23.3 Å². The molecule has 2 rings (SSSR count). The Labute approximate surface area is 123 Å². The maximum atomic E-state index is 11.6. The van der Waals surface area contributed by atoms with Gasteiger partial charge in [0.05, 0.1) is 20.0 Å².